The first kappa shape index (κ1) is 13.9. The second kappa shape index (κ2) is 5.96. The van der Waals surface area contributed by atoms with Crippen LogP contribution in [-0.2, 0) is 6.42 Å². The monoisotopic (exact) mass is 237 g/mol. The van der Waals surface area contributed by atoms with Gasteiger partial charge in [0.25, 0.3) is 0 Å². The summed E-state index contributed by atoms with van der Waals surface area (Å²) in [6.45, 7) is 8.62. The molecule has 1 atom stereocenters. The Bertz CT molecular complexity index is 350. The average Bonchev–Trinajstić information content (AvgIpc) is 2.25. The van der Waals surface area contributed by atoms with Crippen molar-refractivity contribution in [2.45, 2.75) is 46.1 Å². The Labute approximate surface area is 103 Å². The van der Waals surface area contributed by atoms with Crippen molar-refractivity contribution in [3.8, 4) is 0 Å². The average molecular weight is 237 g/mol. The molecule has 1 unspecified atom stereocenters. The van der Waals surface area contributed by atoms with Crippen LogP contribution in [0.2, 0.25) is 0 Å². The van der Waals surface area contributed by atoms with Gasteiger partial charge >= 0.3 is 0 Å². The zero-order valence-corrected chi connectivity index (χ0v) is 11.2. The number of hydrogen-bond acceptors (Lipinski definition) is 4. The van der Waals surface area contributed by atoms with Crippen LogP contribution in [0.5, 0.6) is 0 Å². The molecule has 1 heterocycles. The van der Waals surface area contributed by atoms with Crippen molar-refractivity contribution in [3.63, 3.8) is 0 Å². The van der Waals surface area contributed by atoms with Crippen LogP contribution in [0.4, 0.5) is 5.82 Å². The second-order valence-corrected chi connectivity index (χ2v) is 5.20. The molecule has 0 bridgehead atoms. The van der Waals surface area contributed by atoms with Crippen molar-refractivity contribution < 1.29 is 5.11 Å². The number of rotatable bonds is 6. The fraction of sp³-hybridized carbons (Fsp3) is 0.692. The van der Waals surface area contributed by atoms with Crippen molar-refractivity contribution >= 4 is 5.82 Å². The minimum atomic E-state index is -0.703. The molecule has 0 aliphatic rings. The van der Waals surface area contributed by atoms with Crippen molar-refractivity contribution in [1.82, 2.24) is 9.97 Å². The largest absolute Gasteiger partial charge is 0.388 e. The molecule has 2 N–H and O–H groups in total. The molecule has 1 aromatic rings. The van der Waals surface area contributed by atoms with Gasteiger partial charge in [-0.05, 0) is 25.7 Å². The van der Waals surface area contributed by atoms with Gasteiger partial charge in [-0.3, -0.25) is 0 Å². The summed E-state index contributed by atoms with van der Waals surface area (Å²) in [4.78, 5) is 8.27. The van der Waals surface area contributed by atoms with E-state index in [2.05, 4.69) is 36.1 Å². The maximum atomic E-state index is 10.2. The molecule has 4 heteroatoms. The zero-order chi connectivity index (χ0) is 12.9. The van der Waals surface area contributed by atoms with Gasteiger partial charge in [0, 0.05) is 18.3 Å². The molecular weight excluding hydrogens is 214 g/mol. The van der Waals surface area contributed by atoms with Gasteiger partial charge in [0.1, 0.15) is 12.1 Å². The molecule has 1 aromatic heterocycles. The van der Waals surface area contributed by atoms with E-state index in [1.807, 2.05) is 13.0 Å². The maximum absolute atomic E-state index is 10.2. The van der Waals surface area contributed by atoms with E-state index >= 15 is 0 Å². The lowest BCUT2D eigenvalue weighted by molar-refractivity contribution is 0.0515. The number of aliphatic hydroxyl groups is 1. The number of nitrogens with zero attached hydrogens (tertiary/aromatic N) is 2. The van der Waals surface area contributed by atoms with E-state index in [-0.39, 0.29) is 0 Å². The zero-order valence-electron chi connectivity index (χ0n) is 11.2. The third kappa shape index (κ3) is 5.13. The Morgan fingerprint density at radius 3 is 2.71 bits per heavy atom. The molecule has 96 valence electrons. The molecule has 0 saturated heterocycles. The minimum Gasteiger partial charge on any atom is -0.388 e. The van der Waals surface area contributed by atoms with Crippen molar-refractivity contribution in [2.24, 2.45) is 5.92 Å². The predicted octanol–water partition coefficient (Wildman–Crippen LogP) is 2.25. The smallest absolute Gasteiger partial charge is 0.129 e. The first-order valence-corrected chi connectivity index (χ1v) is 6.20. The standard InChI is InChI=1S/C13H23N3O/c1-5-11-6-12(16-9-15-11)14-8-13(4,17)7-10(2)3/h6,9-10,17H,5,7-8H2,1-4H3,(H,14,15,16). The highest BCUT2D eigenvalue weighted by atomic mass is 16.3. The molecule has 17 heavy (non-hydrogen) atoms. The van der Waals surface area contributed by atoms with Crippen LogP contribution in [0.25, 0.3) is 0 Å². The van der Waals surface area contributed by atoms with Crippen LogP contribution in [-0.4, -0.2) is 27.2 Å². The van der Waals surface area contributed by atoms with Gasteiger partial charge in [-0.25, -0.2) is 9.97 Å². The van der Waals surface area contributed by atoms with Crippen LogP contribution in [0, 0.1) is 5.92 Å². The van der Waals surface area contributed by atoms with Gasteiger partial charge in [-0.1, -0.05) is 20.8 Å². The van der Waals surface area contributed by atoms with Crippen molar-refractivity contribution in [2.75, 3.05) is 11.9 Å². The Hall–Kier alpha value is -1.16. The molecule has 0 saturated carbocycles. The lowest BCUT2D eigenvalue weighted by Crippen LogP contribution is -2.35. The van der Waals surface area contributed by atoms with E-state index in [9.17, 15) is 5.11 Å². The van der Waals surface area contributed by atoms with Gasteiger partial charge in [-0.2, -0.15) is 0 Å². The van der Waals surface area contributed by atoms with Crippen molar-refractivity contribution in [3.05, 3.63) is 18.1 Å². The van der Waals surface area contributed by atoms with Gasteiger partial charge < -0.3 is 10.4 Å². The summed E-state index contributed by atoms with van der Waals surface area (Å²) in [7, 11) is 0. The summed E-state index contributed by atoms with van der Waals surface area (Å²) in [6.07, 6.45) is 3.21. The van der Waals surface area contributed by atoms with Gasteiger partial charge in [0.15, 0.2) is 0 Å². The Balaban J connectivity index is 2.54. The molecule has 0 fully saturated rings. The third-order valence-corrected chi connectivity index (χ3v) is 2.58. The number of hydrogen-bond donors (Lipinski definition) is 2. The van der Waals surface area contributed by atoms with E-state index < -0.39 is 5.60 Å². The molecule has 0 aliphatic carbocycles. The van der Waals surface area contributed by atoms with E-state index in [1.54, 1.807) is 6.33 Å². The van der Waals surface area contributed by atoms with Gasteiger partial charge in [0.2, 0.25) is 0 Å². The lowest BCUT2D eigenvalue weighted by Gasteiger charge is -2.25. The first-order chi connectivity index (χ1) is 7.93. The highest BCUT2D eigenvalue weighted by Gasteiger charge is 2.21. The maximum Gasteiger partial charge on any atom is 0.129 e. The van der Waals surface area contributed by atoms with Crippen LogP contribution in [0.3, 0.4) is 0 Å². The van der Waals surface area contributed by atoms with E-state index in [4.69, 9.17) is 0 Å². The summed E-state index contributed by atoms with van der Waals surface area (Å²) in [6, 6.07) is 1.92. The Kier molecular flexibility index (Phi) is 4.87. The van der Waals surface area contributed by atoms with E-state index in [0.717, 1.165) is 24.4 Å². The van der Waals surface area contributed by atoms with Crippen LogP contribution >= 0.6 is 0 Å². The second-order valence-electron chi connectivity index (χ2n) is 5.20. The van der Waals surface area contributed by atoms with Crippen LogP contribution in [0.1, 0.15) is 39.8 Å². The topological polar surface area (TPSA) is 58.0 Å². The van der Waals surface area contributed by atoms with E-state index in [0.29, 0.717) is 12.5 Å². The highest BCUT2D eigenvalue weighted by molar-refractivity contribution is 5.35. The lowest BCUT2D eigenvalue weighted by atomic mass is 9.94. The molecular formula is C13H23N3O. The first-order valence-electron chi connectivity index (χ1n) is 6.20. The molecule has 0 aliphatic heterocycles. The van der Waals surface area contributed by atoms with Crippen LogP contribution in [0.15, 0.2) is 12.4 Å². The molecule has 0 aromatic carbocycles. The molecule has 1 rings (SSSR count). The SMILES string of the molecule is CCc1cc(NCC(C)(O)CC(C)C)ncn1. The fourth-order valence-electron chi connectivity index (χ4n) is 1.92. The van der Waals surface area contributed by atoms with Crippen molar-refractivity contribution in [1.29, 1.82) is 0 Å². The summed E-state index contributed by atoms with van der Waals surface area (Å²) in [5.41, 5.74) is 0.303. The third-order valence-electron chi connectivity index (χ3n) is 2.58. The van der Waals surface area contributed by atoms with Gasteiger partial charge in [-0.15, -0.1) is 0 Å². The Morgan fingerprint density at radius 1 is 1.41 bits per heavy atom. The number of nitrogens with one attached hydrogen (secondary N) is 1. The number of aryl methyl sites for hydroxylation is 1. The summed E-state index contributed by atoms with van der Waals surface area (Å²) >= 11 is 0. The molecule has 0 radical (unpaired) electrons. The summed E-state index contributed by atoms with van der Waals surface area (Å²) < 4.78 is 0. The minimum absolute atomic E-state index is 0.475. The highest BCUT2D eigenvalue weighted by Crippen LogP contribution is 2.17. The Morgan fingerprint density at radius 2 is 2.12 bits per heavy atom. The fourth-order valence-corrected chi connectivity index (χ4v) is 1.92. The normalized spacial score (nSPS) is 14.7. The van der Waals surface area contributed by atoms with Crippen LogP contribution < -0.4 is 5.32 Å². The summed E-state index contributed by atoms with van der Waals surface area (Å²) in [5, 5.41) is 13.3. The number of aromatic nitrogens is 2. The number of anilines is 1. The van der Waals surface area contributed by atoms with E-state index in [1.165, 1.54) is 0 Å². The van der Waals surface area contributed by atoms with Gasteiger partial charge in [0.05, 0.1) is 5.60 Å². The molecule has 4 nitrogen and oxygen atoms in total. The predicted molar refractivity (Wildman–Crippen MR) is 70.0 cm³/mol. The molecule has 0 amide bonds. The summed E-state index contributed by atoms with van der Waals surface area (Å²) in [5.74, 6) is 1.25. The molecule has 0 spiro atoms. The quantitative estimate of drug-likeness (QED) is 0.796.